The Labute approximate surface area is 168 Å². The van der Waals surface area contributed by atoms with Gasteiger partial charge in [-0.25, -0.2) is 0 Å². The molecule has 0 radical (unpaired) electrons. The Hall–Kier alpha value is -1.11. The van der Waals surface area contributed by atoms with Crippen molar-refractivity contribution in [1.29, 1.82) is 0 Å². The molecule has 0 amide bonds. The van der Waals surface area contributed by atoms with E-state index in [1.807, 2.05) is 36.4 Å². The van der Waals surface area contributed by atoms with Crippen molar-refractivity contribution < 1.29 is 9.84 Å². The van der Waals surface area contributed by atoms with Gasteiger partial charge in [-0.1, -0.05) is 35.9 Å². The summed E-state index contributed by atoms with van der Waals surface area (Å²) in [5, 5.41) is 11.0. The number of ether oxygens (including phenoxy) is 1. The quantitative estimate of drug-likeness (QED) is 0.714. The van der Waals surface area contributed by atoms with E-state index in [2.05, 4.69) is 37.9 Å². The van der Waals surface area contributed by atoms with Crippen LogP contribution in [0.2, 0.25) is 5.02 Å². The van der Waals surface area contributed by atoms with Gasteiger partial charge in [0, 0.05) is 44.3 Å². The van der Waals surface area contributed by atoms with Crippen LogP contribution in [0.5, 0.6) is 5.75 Å². The van der Waals surface area contributed by atoms with Crippen LogP contribution in [-0.2, 0) is 6.54 Å². The second-order valence-corrected chi connectivity index (χ2v) is 7.89. The molecular formula is C20H24BrClN2O2. The highest BCUT2D eigenvalue weighted by Gasteiger charge is 2.19. The van der Waals surface area contributed by atoms with Gasteiger partial charge in [-0.3, -0.25) is 9.80 Å². The number of nitrogens with zero attached hydrogens (tertiary/aromatic N) is 2. The zero-order chi connectivity index (χ0) is 18.4. The SMILES string of the molecule is O[C@H](COc1ccccc1Br)CN1CCN(Cc2ccc(Cl)cc2)CC1. The molecule has 1 atom stereocenters. The second-order valence-electron chi connectivity index (χ2n) is 6.60. The van der Waals surface area contributed by atoms with Gasteiger partial charge in [-0.15, -0.1) is 0 Å². The molecule has 140 valence electrons. The number of para-hydroxylation sites is 1. The fraction of sp³-hybridized carbons (Fsp3) is 0.400. The predicted octanol–water partition coefficient (Wildman–Crippen LogP) is 3.66. The molecule has 26 heavy (non-hydrogen) atoms. The number of rotatable bonds is 7. The van der Waals surface area contributed by atoms with Crippen LogP contribution in [0.4, 0.5) is 0 Å². The first-order valence-electron chi connectivity index (χ1n) is 8.85. The first-order chi connectivity index (χ1) is 12.6. The average molecular weight is 440 g/mol. The summed E-state index contributed by atoms with van der Waals surface area (Å²) in [5.74, 6) is 0.763. The van der Waals surface area contributed by atoms with Crippen LogP contribution in [0.1, 0.15) is 5.56 Å². The highest BCUT2D eigenvalue weighted by atomic mass is 79.9. The zero-order valence-corrected chi connectivity index (χ0v) is 17.0. The molecule has 0 unspecified atom stereocenters. The van der Waals surface area contributed by atoms with E-state index in [9.17, 15) is 5.11 Å². The molecule has 1 saturated heterocycles. The predicted molar refractivity (Wildman–Crippen MR) is 109 cm³/mol. The van der Waals surface area contributed by atoms with E-state index in [4.69, 9.17) is 16.3 Å². The van der Waals surface area contributed by atoms with Crippen molar-refractivity contribution >= 4 is 27.5 Å². The van der Waals surface area contributed by atoms with Gasteiger partial charge < -0.3 is 9.84 Å². The minimum atomic E-state index is -0.495. The molecule has 2 aromatic carbocycles. The average Bonchev–Trinajstić information content (AvgIpc) is 2.64. The van der Waals surface area contributed by atoms with Gasteiger partial charge in [0.15, 0.2) is 0 Å². The molecule has 0 aromatic heterocycles. The molecule has 0 bridgehead atoms. The molecule has 6 heteroatoms. The molecular weight excluding hydrogens is 416 g/mol. The molecule has 0 aliphatic carbocycles. The molecule has 2 aromatic rings. The van der Waals surface area contributed by atoms with E-state index in [0.717, 1.165) is 48.0 Å². The Balaban J connectivity index is 1.38. The zero-order valence-electron chi connectivity index (χ0n) is 14.7. The number of hydrogen-bond acceptors (Lipinski definition) is 4. The van der Waals surface area contributed by atoms with E-state index in [1.165, 1.54) is 5.56 Å². The third kappa shape index (κ3) is 5.96. The van der Waals surface area contributed by atoms with Crippen molar-refractivity contribution in [3.63, 3.8) is 0 Å². The van der Waals surface area contributed by atoms with Gasteiger partial charge in [0.2, 0.25) is 0 Å². The molecule has 1 heterocycles. The molecule has 1 N–H and O–H groups in total. The maximum absolute atomic E-state index is 10.3. The number of β-amino-alcohol motifs (C(OH)–C–C–N with tert-alkyl or cyclic N) is 1. The topological polar surface area (TPSA) is 35.9 Å². The minimum absolute atomic E-state index is 0.299. The number of piperazine rings is 1. The Kier molecular flexibility index (Phi) is 7.34. The van der Waals surface area contributed by atoms with Gasteiger partial charge in [0.05, 0.1) is 4.47 Å². The minimum Gasteiger partial charge on any atom is -0.490 e. The summed E-state index contributed by atoms with van der Waals surface area (Å²) in [6.07, 6.45) is -0.495. The normalized spacial score (nSPS) is 17.2. The Bertz CT molecular complexity index is 690. The van der Waals surface area contributed by atoms with E-state index >= 15 is 0 Å². The highest BCUT2D eigenvalue weighted by molar-refractivity contribution is 9.10. The Morgan fingerprint density at radius 1 is 1.00 bits per heavy atom. The van der Waals surface area contributed by atoms with Crippen molar-refractivity contribution in [2.45, 2.75) is 12.6 Å². The van der Waals surface area contributed by atoms with Crippen LogP contribution < -0.4 is 4.74 Å². The lowest BCUT2D eigenvalue weighted by atomic mass is 10.2. The fourth-order valence-corrected chi connectivity index (χ4v) is 3.60. The van der Waals surface area contributed by atoms with Crippen LogP contribution in [0.3, 0.4) is 0 Å². The van der Waals surface area contributed by atoms with E-state index < -0.39 is 6.10 Å². The van der Waals surface area contributed by atoms with Gasteiger partial charge in [0.25, 0.3) is 0 Å². The first-order valence-corrected chi connectivity index (χ1v) is 10.0. The van der Waals surface area contributed by atoms with E-state index in [1.54, 1.807) is 0 Å². The molecule has 4 nitrogen and oxygen atoms in total. The number of aliphatic hydroxyl groups is 1. The summed E-state index contributed by atoms with van der Waals surface area (Å²) in [6.45, 7) is 5.80. The lowest BCUT2D eigenvalue weighted by Crippen LogP contribution is -2.48. The second kappa shape index (κ2) is 9.72. The van der Waals surface area contributed by atoms with Gasteiger partial charge in [-0.05, 0) is 45.8 Å². The van der Waals surface area contributed by atoms with Crippen LogP contribution in [0.25, 0.3) is 0 Å². The summed E-state index contributed by atoms with van der Waals surface area (Å²) in [4.78, 5) is 4.73. The summed E-state index contributed by atoms with van der Waals surface area (Å²) in [7, 11) is 0. The van der Waals surface area contributed by atoms with Crippen LogP contribution in [0.15, 0.2) is 53.0 Å². The number of hydrogen-bond donors (Lipinski definition) is 1. The van der Waals surface area contributed by atoms with Crippen LogP contribution >= 0.6 is 27.5 Å². The molecule has 1 aliphatic rings. The summed E-state index contributed by atoms with van der Waals surface area (Å²) in [5.41, 5.74) is 1.28. The summed E-state index contributed by atoms with van der Waals surface area (Å²) in [6, 6.07) is 15.7. The monoisotopic (exact) mass is 438 g/mol. The summed E-state index contributed by atoms with van der Waals surface area (Å²) >= 11 is 9.39. The van der Waals surface area contributed by atoms with Gasteiger partial charge >= 0.3 is 0 Å². The van der Waals surface area contributed by atoms with Crippen molar-refractivity contribution in [3.05, 3.63) is 63.6 Å². The molecule has 3 rings (SSSR count). The van der Waals surface area contributed by atoms with Gasteiger partial charge in [-0.2, -0.15) is 0 Å². The van der Waals surface area contributed by atoms with Crippen molar-refractivity contribution in [1.82, 2.24) is 9.80 Å². The lowest BCUT2D eigenvalue weighted by Gasteiger charge is -2.35. The standard InChI is InChI=1S/C20H24BrClN2O2/c21-19-3-1-2-4-20(19)26-15-18(25)14-24-11-9-23(10-12-24)13-16-5-7-17(22)8-6-16/h1-8,18,25H,9-15H2/t18-/m0/s1. The fourth-order valence-electron chi connectivity index (χ4n) is 3.08. The Morgan fingerprint density at radius 3 is 2.35 bits per heavy atom. The van der Waals surface area contributed by atoms with Crippen molar-refractivity contribution in [2.24, 2.45) is 0 Å². The Morgan fingerprint density at radius 2 is 1.65 bits per heavy atom. The largest absolute Gasteiger partial charge is 0.490 e. The number of benzene rings is 2. The molecule has 0 spiro atoms. The molecule has 1 aliphatic heterocycles. The van der Waals surface area contributed by atoms with Crippen LogP contribution in [-0.4, -0.2) is 60.3 Å². The third-order valence-electron chi connectivity index (χ3n) is 4.52. The first kappa shape index (κ1) is 19.6. The molecule has 0 saturated carbocycles. The van der Waals surface area contributed by atoms with E-state index in [0.29, 0.717) is 13.2 Å². The van der Waals surface area contributed by atoms with Crippen molar-refractivity contribution in [3.8, 4) is 5.75 Å². The maximum atomic E-state index is 10.3. The van der Waals surface area contributed by atoms with Crippen molar-refractivity contribution in [2.75, 3.05) is 39.3 Å². The third-order valence-corrected chi connectivity index (χ3v) is 5.43. The van der Waals surface area contributed by atoms with Gasteiger partial charge in [0.1, 0.15) is 18.5 Å². The lowest BCUT2D eigenvalue weighted by molar-refractivity contribution is 0.0444. The highest BCUT2D eigenvalue weighted by Crippen LogP contribution is 2.23. The maximum Gasteiger partial charge on any atom is 0.133 e. The number of halogens is 2. The van der Waals surface area contributed by atoms with Crippen LogP contribution in [0, 0.1) is 0 Å². The molecule has 1 fully saturated rings. The van der Waals surface area contributed by atoms with E-state index in [-0.39, 0.29) is 0 Å². The smallest absolute Gasteiger partial charge is 0.133 e. The summed E-state index contributed by atoms with van der Waals surface area (Å²) < 4.78 is 6.61. The number of aliphatic hydroxyl groups excluding tert-OH is 1.